The zero-order valence-electron chi connectivity index (χ0n) is 13.7. The van der Waals surface area contributed by atoms with Crippen molar-refractivity contribution in [3.05, 3.63) is 46.9 Å². The molecule has 2 rings (SSSR count). The summed E-state index contributed by atoms with van der Waals surface area (Å²) >= 11 is 1.08. The highest BCUT2D eigenvalue weighted by molar-refractivity contribution is 7.99. The minimum absolute atomic E-state index is 0.0986. The van der Waals surface area contributed by atoms with Crippen LogP contribution in [0.2, 0.25) is 0 Å². The molecule has 0 radical (unpaired) electrons. The lowest BCUT2D eigenvalue weighted by molar-refractivity contribution is -0.120. The number of rotatable bonds is 9. The molecule has 1 aliphatic carbocycles. The Morgan fingerprint density at radius 2 is 1.96 bits per heavy atom. The van der Waals surface area contributed by atoms with Gasteiger partial charge in [-0.1, -0.05) is 12.2 Å². The van der Waals surface area contributed by atoms with Gasteiger partial charge in [0.05, 0.1) is 4.91 Å². The average Bonchev–Trinajstić information content (AvgIpc) is 2.58. The maximum atomic E-state index is 13.8. The van der Waals surface area contributed by atoms with E-state index in [2.05, 4.69) is 9.46 Å². The van der Waals surface area contributed by atoms with E-state index in [0.717, 1.165) is 30.3 Å². The highest BCUT2D eigenvalue weighted by Gasteiger charge is 2.16. The second kappa shape index (κ2) is 9.15. The molecule has 0 saturated heterocycles. The Bertz CT molecular complexity index is 816. The molecule has 0 saturated carbocycles. The number of hydrogen-bond donors (Lipinski definition) is 2. The van der Waals surface area contributed by atoms with Gasteiger partial charge in [0.25, 0.3) is 5.91 Å². The lowest BCUT2D eigenvalue weighted by Crippen LogP contribution is -2.27. The fourth-order valence-corrected chi connectivity index (χ4v) is 4.21. The smallest absolute Gasteiger partial charge is 0.255 e. The largest absolute Gasteiger partial charge is 0.478 e. The van der Waals surface area contributed by atoms with Crippen molar-refractivity contribution in [1.82, 2.24) is 4.72 Å². The van der Waals surface area contributed by atoms with Crippen molar-refractivity contribution in [2.45, 2.75) is 17.7 Å². The molecule has 1 aromatic carbocycles. The topological polar surface area (TPSA) is 98.5 Å². The van der Waals surface area contributed by atoms with Crippen LogP contribution < -0.4 is 15.2 Å². The number of hydrogen-bond acceptors (Lipinski definition) is 5. The standard InChI is InChI=1S/C16H18F2N2O4S2/c17-13-8-11(9-14(18)16(13)24-10-15(19)21)25-7-6-20-26(22,23)12-4-2-1-3-5-12/h2,4-5,8-9,20H,1,3,6-7,10H2,(H2,19,21). The van der Waals surface area contributed by atoms with Crippen molar-refractivity contribution in [2.75, 3.05) is 18.9 Å². The van der Waals surface area contributed by atoms with Gasteiger partial charge >= 0.3 is 0 Å². The molecule has 0 aromatic heterocycles. The van der Waals surface area contributed by atoms with Crippen LogP contribution in [0.15, 0.2) is 40.2 Å². The minimum Gasteiger partial charge on any atom is -0.478 e. The summed E-state index contributed by atoms with van der Waals surface area (Å²) in [6.07, 6.45) is 6.46. The molecule has 0 aliphatic heterocycles. The molecule has 3 N–H and O–H groups in total. The van der Waals surface area contributed by atoms with E-state index in [1.165, 1.54) is 0 Å². The van der Waals surface area contributed by atoms with Crippen LogP contribution >= 0.6 is 11.8 Å². The molecule has 0 unspecified atom stereocenters. The molecule has 26 heavy (non-hydrogen) atoms. The van der Waals surface area contributed by atoms with Gasteiger partial charge in [0.2, 0.25) is 10.0 Å². The Hall–Kier alpha value is -1.91. The first-order chi connectivity index (χ1) is 12.3. The summed E-state index contributed by atoms with van der Waals surface area (Å²) in [7, 11) is -3.58. The van der Waals surface area contributed by atoms with Gasteiger partial charge in [-0.3, -0.25) is 4.79 Å². The summed E-state index contributed by atoms with van der Waals surface area (Å²) < 4.78 is 58.9. The number of carbonyl (C=O) groups excluding carboxylic acids is 1. The van der Waals surface area contributed by atoms with Crippen molar-refractivity contribution in [3.8, 4) is 5.75 Å². The Morgan fingerprint density at radius 3 is 2.54 bits per heavy atom. The minimum atomic E-state index is -3.58. The van der Waals surface area contributed by atoms with Crippen LogP contribution in [0.1, 0.15) is 12.8 Å². The van der Waals surface area contributed by atoms with Gasteiger partial charge in [-0.05, 0) is 31.1 Å². The van der Waals surface area contributed by atoms with Gasteiger partial charge in [0.15, 0.2) is 24.0 Å². The second-order valence-corrected chi connectivity index (χ2v) is 8.24. The number of sulfonamides is 1. The number of amides is 1. The van der Waals surface area contributed by atoms with Gasteiger partial charge < -0.3 is 10.5 Å². The SMILES string of the molecule is NC(=O)COc1c(F)cc(SCCNS(=O)(=O)C2=CCCC=C2)cc1F. The van der Waals surface area contributed by atoms with E-state index in [4.69, 9.17) is 5.73 Å². The van der Waals surface area contributed by atoms with Crippen LogP contribution in [0.4, 0.5) is 8.78 Å². The number of nitrogens with one attached hydrogen (secondary N) is 1. The third kappa shape index (κ3) is 5.82. The Balaban J connectivity index is 1.89. The first kappa shape index (κ1) is 20.4. The van der Waals surface area contributed by atoms with Crippen molar-refractivity contribution in [2.24, 2.45) is 5.73 Å². The summed E-state index contributed by atoms with van der Waals surface area (Å²) in [5.41, 5.74) is 4.86. The van der Waals surface area contributed by atoms with E-state index in [1.54, 1.807) is 18.2 Å². The van der Waals surface area contributed by atoms with Crippen LogP contribution in [0.25, 0.3) is 0 Å². The average molecular weight is 404 g/mol. The van der Waals surface area contributed by atoms with E-state index < -0.39 is 39.9 Å². The maximum absolute atomic E-state index is 13.8. The van der Waals surface area contributed by atoms with E-state index in [9.17, 15) is 22.0 Å². The molecular weight excluding hydrogens is 386 g/mol. The molecule has 0 atom stereocenters. The number of allylic oxidation sites excluding steroid dienone is 3. The van der Waals surface area contributed by atoms with Gasteiger partial charge in [-0.25, -0.2) is 21.9 Å². The molecule has 0 fully saturated rings. The molecule has 1 aromatic rings. The molecule has 0 bridgehead atoms. The van der Waals surface area contributed by atoms with Gasteiger partial charge in [0.1, 0.15) is 0 Å². The van der Waals surface area contributed by atoms with Crippen LogP contribution in [-0.2, 0) is 14.8 Å². The summed E-state index contributed by atoms with van der Waals surface area (Å²) in [5, 5.41) is 0. The van der Waals surface area contributed by atoms with Crippen molar-refractivity contribution < 1.29 is 26.7 Å². The third-order valence-corrected chi connectivity index (χ3v) is 5.75. The molecule has 1 aliphatic rings. The summed E-state index contributed by atoms with van der Waals surface area (Å²) in [6.45, 7) is -0.534. The number of ether oxygens (including phenoxy) is 1. The van der Waals surface area contributed by atoms with E-state index in [1.807, 2.05) is 0 Å². The molecule has 6 nitrogen and oxygen atoms in total. The molecule has 1 amide bonds. The van der Waals surface area contributed by atoms with Crippen LogP contribution in [-0.4, -0.2) is 33.2 Å². The van der Waals surface area contributed by atoms with Crippen LogP contribution in [0.5, 0.6) is 5.75 Å². The monoisotopic (exact) mass is 404 g/mol. The number of benzene rings is 1. The third-order valence-electron chi connectivity index (χ3n) is 3.26. The predicted molar refractivity (Wildman–Crippen MR) is 95.2 cm³/mol. The highest BCUT2D eigenvalue weighted by Crippen LogP contribution is 2.28. The normalized spacial score (nSPS) is 14.2. The van der Waals surface area contributed by atoms with Crippen molar-refractivity contribution in [1.29, 1.82) is 0 Å². The zero-order valence-corrected chi connectivity index (χ0v) is 15.3. The Kier molecular flexibility index (Phi) is 7.18. The van der Waals surface area contributed by atoms with Gasteiger partial charge in [-0.15, -0.1) is 11.8 Å². The van der Waals surface area contributed by atoms with Crippen LogP contribution in [0.3, 0.4) is 0 Å². The zero-order chi connectivity index (χ0) is 19.2. The molecule has 0 heterocycles. The van der Waals surface area contributed by atoms with Crippen LogP contribution in [0, 0.1) is 11.6 Å². The number of halogens is 2. The fraction of sp³-hybridized carbons (Fsp3) is 0.312. The van der Waals surface area contributed by atoms with E-state index in [-0.39, 0.29) is 22.1 Å². The number of nitrogens with two attached hydrogens (primary N) is 1. The Labute approximate surface area is 154 Å². The summed E-state index contributed by atoms with van der Waals surface area (Å²) in [6, 6.07) is 2.09. The lowest BCUT2D eigenvalue weighted by atomic mass is 10.2. The maximum Gasteiger partial charge on any atom is 0.255 e. The lowest BCUT2D eigenvalue weighted by Gasteiger charge is -2.11. The Morgan fingerprint density at radius 1 is 1.27 bits per heavy atom. The molecular formula is C16H18F2N2O4S2. The predicted octanol–water partition coefficient (Wildman–Crippen LogP) is 2.07. The number of carbonyl (C=O) groups is 1. The van der Waals surface area contributed by atoms with E-state index in [0.29, 0.717) is 6.42 Å². The first-order valence-electron chi connectivity index (χ1n) is 7.69. The van der Waals surface area contributed by atoms with E-state index >= 15 is 0 Å². The highest BCUT2D eigenvalue weighted by atomic mass is 32.2. The molecule has 10 heteroatoms. The van der Waals surface area contributed by atoms with Crippen molar-refractivity contribution >= 4 is 27.7 Å². The first-order valence-corrected chi connectivity index (χ1v) is 10.2. The number of thioether (sulfide) groups is 1. The number of primary amides is 1. The van der Waals surface area contributed by atoms with Gasteiger partial charge in [0, 0.05) is 17.2 Å². The van der Waals surface area contributed by atoms with Gasteiger partial charge in [-0.2, -0.15) is 0 Å². The summed E-state index contributed by atoms with van der Waals surface area (Å²) in [4.78, 5) is 11.1. The summed E-state index contributed by atoms with van der Waals surface area (Å²) in [5.74, 6) is -3.18. The quantitative estimate of drug-likeness (QED) is 0.485. The molecule has 142 valence electrons. The molecule has 0 spiro atoms. The second-order valence-electron chi connectivity index (χ2n) is 5.30. The fourth-order valence-electron chi connectivity index (χ4n) is 2.12. The van der Waals surface area contributed by atoms with Crippen molar-refractivity contribution in [3.63, 3.8) is 0 Å².